The zero-order valence-electron chi connectivity index (χ0n) is 20.4. The van der Waals surface area contributed by atoms with Crippen molar-refractivity contribution in [2.75, 3.05) is 6.54 Å². The van der Waals surface area contributed by atoms with Crippen molar-refractivity contribution in [2.45, 2.75) is 37.8 Å². The van der Waals surface area contributed by atoms with Crippen LogP contribution in [0.3, 0.4) is 0 Å². The van der Waals surface area contributed by atoms with Crippen LogP contribution < -0.4 is 10.0 Å². The molecule has 7 nitrogen and oxygen atoms in total. The normalized spacial score (nSPS) is 12.1. The molecule has 1 heterocycles. The molecule has 0 saturated carbocycles. The first-order valence-electron chi connectivity index (χ1n) is 11.6. The van der Waals surface area contributed by atoms with E-state index in [0.717, 1.165) is 17.2 Å². The lowest BCUT2D eigenvalue weighted by Crippen LogP contribution is -2.40. The fourth-order valence-electron chi connectivity index (χ4n) is 3.96. The first kappa shape index (κ1) is 27.5. The zero-order valence-corrected chi connectivity index (χ0v) is 22.0. The summed E-state index contributed by atoms with van der Waals surface area (Å²) in [7, 11) is -3.98. The predicted molar refractivity (Wildman–Crippen MR) is 139 cm³/mol. The Labute approximate surface area is 222 Å². The van der Waals surface area contributed by atoms with E-state index in [1.54, 1.807) is 28.8 Å². The third kappa shape index (κ3) is 5.94. The van der Waals surface area contributed by atoms with Gasteiger partial charge in [0.25, 0.3) is 10.0 Å². The minimum Gasteiger partial charge on any atom is -0.337 e. The molecule has 1 aromatic heterocycles. The summed E-state index contributed by atoms with van der Waals surface area (Å²) in [6.45, 7) is 3.86. The number of benzene rings is 3. The number of carbonyl (C=O) groups excluding carboxylic acids is 1. The van der Waals surface area contributed by atoms with Crippen molar-refractivity contribution in [3.8, 4) is 5.69 Å². The SMILES string of the molecule is CCc1nc2cc(C(F)(F)F)c(Cl)cc2n1-c1ccc(CCNC(=O)NS(=O)(=O)c2ccc(C)cc2)cc1. The van der Waals surface area contributed by atoms with Gasteiger partial charge >= 0.3 is 12.2 Å². The van der Waals surface area contributed by atoms with Gasteiger partial charge in [0.05, 0.1) is 26.5 Å². The smallest absolute Gasteiger partial charge is 0.337 e. The van der Waals surface area contributed by atoms with Gasteiger partial charge in [-0.2, -0.15) is 13.2 Å². The number of alkyl halides is 3. The number of urea groups is 1. The highest BCUT2D eigenvalue weighted by Crippen LogP contribution is 2.37. The Balaban J connectivity index is 1.44. The fourth-order valence-corrected chi connectivity index (χ4v) is 5.15. The Kier molecular flexibility index (Phi) is 7.70. The minimum absolute atomic E-state index is 0.0109. The van der Waals surface area contributed by atoms with Crippen LogP contribution in [0, 0.1) is 6.92 Å². The van der Waals surface area contributed by atoms with Crippen LogP contribution >= 0.6 is 11.6 Å². The number of fused-ring (bicyclic) bond motifs is 1. The van der Waals surface area contributed by atoms with Gasteiger partial charge in [0, 0.05) is 18.7 Å². The molecule has 4 aromatic rings. The molecule has 4 rings (SSSR count). The third-order valence-corrected chi connectivity index (χ3v) is 7.55. The molecule has 38 heavy (non-hydrogen) atoms. The van der Waals surface area contributed by atoms with Gasteiger partial charge in [-0.15, -0.1) is 0 Å². The van der Waals surface area contributed by atoms with E-state index in [9.17, 15) is 26.4 Å². The number of hydrogen-bond acceptors (Lipinski definition) is 4. The Hall–Kier alpha value is -3.57. The summed E-state index contributed by atoms with van der Waals surface area (Å²) in [5.74, 6) is 0.580. The Morgan fingerprint density at radius 3 is 2.32 bits per heavy atom. The summed E-state index contributed by atoms with van der Waals surface area (Å²) in [5.41, 5.74) is 2.16. The van der Waals surface area contributed by atoms with Gasteiger partial charge in [0.15, 0.2) is 0 Å². The van der Waals surface area contributed by atoms with E-state index in [-0.39, 0.29) is 17.0 Å². The molecular formula is C26H24ClF3N4O3S. The highest BCUT2D eigenvalue weighted by atomic mass is 35.5. The van der Waals surface area contributed by atoms with Crippen molar-refractivity contribution >= 4 is 38.7 Å². The van der Waals surface area contributed by atoms with Crippen molar-refractivity contribution in [1.29, 1.82) is 0 Å². The van der Waals surface area contributed by atoms with Crippen molar-refractivity contribution in [1.82, 2.24) is 19.6 Å². The average molecular weight is 565 g/mol. The highest BCUT2D eigenvalue weighted by molar-refractivity contribution is 7.90. The van der Waals surface area contributed by atoms with E-state index in [1.165, 1.54) is 18.2 Å². The van der Waals surface area contributed by atoms with Gasteiger partial charge in [0.1, 0.15) is 5.82 Å². The maximum absolute atomic E-state index is 13.3. The van der Waals surface area contributed by atoms with Crippen LogP contribution in [0.2, 0.25) is 5.02 Å². The largest absolute Gasteiger partial charge is 0.417 e. The topological polar surface area (TPSA) is 93.1 Å². The Morgan fingerprint density at radius 1 is 1.05 bits per heavy atom. The van der Waals surface area contributed by atoms with E-state index >= 15 is 0 Å². The molecule has 200 valence electrons. The van der Waals surface area contributed by atoms with Crippen molar-refractivity contribution in [3.63, 3.8) is 0 Å². The summed E-state index contributed by atoms with van der Waals surface area (Å²) in [5, 5.41) is 2.12. The van der Waals surface area contributed by atoms with Crippen molar-refractivity contribution < 1.29 is 26.4 Å². The van der Waals surface area contributed by atoms with Crippen LogP contribution in [-0.2, 0) is 29.0 Å². The van der Waals surface area contributed by atoms with E-state index in [1.807, 2.05) is 30.7 Å². The zero-order chi connectivity index (χ0) is 27.7. The maximum atomic E-state index is 13.3. The number of nitrogens with zero attached hydrogens (tertiary/aromatic N) is 2. The molecule has 0 unspecified atom stereocenters. The van der Waals surface area contributed by atoms with E-state index in [2.05, 4.69) is 10.3 Å². The number of amides is 2. The lowest BCUT2D eigenvalue weighted by atomic mass is 10.1. The van der Waals surface area contributed by atoms with Crippen LogP contribution in [0.5, 0.6) is 0 Å². The number of halogens is 4. The molecule has 3 aromatic carbocycles. The van der Waals surface area contributed by atoms with E-state index < -0.39 is 32.8 Å². The van der Waals surface area contributed by atoms with Gasteiger partial charge in [-0.05, 0) is 55.3 Å². The lowest BCUT2D eigenvalue weighted by Gasteiger charge is -2.12. The van der Waals surface area contributed by atoms with Crippen LogP contribution in [0.4, 0.5) is 18.0 Å². The minimum atomic E-state index is -4.58. The number of carbonyl (C=O) groups is 1. The standard InChI is InChI=1S/C26H24ClF3N4O3S/c1-3-24-32-22-14-20(26(28,29)30)21(27)15-23(22)34(24)18-8-6-17(7-9-18)12-13-31-25(35)33-38(36,37)19-10-4-16(2)5-11-19/h4-11,14-15H,3,12-13H2,1-2H3,(H2,31,33,35). The molecule has 0 aliphatic heterocycles. The third-order valence-electron chi connectivity index (χ3n) is 5.89. The summed E-state index contributed by atoms with van der Waals surface area (Å²) < 4.78 is 68.2. The molecule has 0 radical (unpaired) electrons. The maximum Gasteiger partial charge on any atom is 0.417 e. The number of rotatable bonds is 7. The molecule has 0 fully saturated rings. The van der Waals surface area contributed by atoms with E-state index in [4.69, 9.17) is 11.6 Å². The molecule has 0 aliphatic rings. The number of imidazole rings is 1. The van der Waals surface area contributed by atoms with Crippen LogP contribution in [-0.4, -0.2) is 30.5 Å². The first-order chi connectivity index (χ1) is 17.9. The average Bonchev–Trinajstić information content (AvgIpc) is 3.20. The molecule has 0 spiro atoms. The molecule has 12 heteroatoms. The van der Waals surface area contributed by atoms with Gasteiger partial charge in [-0.3, -0.25) is 4.57 Å². The summed E-state index contributed by atoms with van der Waals surface area (Å²) in [4.78, 5) is 16.5. The summed E-state index contributed by atoms with van der Waals surface area (Å²) >= 11 is 5.95. The first-order valence-corrected chi connectivity index (χ1v) is 13.5. The van der Waals surface area contributed by atoms with Crippen LogP contribution in [0.15, 0.2) is 65.6 Å². The van der Waals surface area contributed by atoms with Crippen LogP contribution in [0.1, 0.15) is 29.4 Å². The lowest BCUT2D eigenvalue weighted by molar-refractivity contribution is -0.137. The fraction of sp³-hybridized carbons (Fsp3) is 0.231. The molecule has 0 saturated heterocycles. The molecule has 2 amide bonds. The molecule has 2 N–H and O–H groups in total. The quantitative estimate of drug-likeness (QED) is 0.297. The number of aromatic nitrogens is 2. The van der Waals surface area contributed by atoms with Gasteiger partial charge in [0.2, 0.25) is 0 Å². The second-order valence-electron chi connectivity index (χ2n) is 8.63. The number of sulfonamides is 1. The molecule has 0 aliphatic carbocycles. The number of hydrogen-bond donors (Lipinski definition) is 2. The molecule has 0 bridgehead atoms. The highest BCUT2D eigenvalue weighted by Gasteiger charge is 2.34. The van der Waals surface area contributed by atoms with Gasteiger partial charge in [-0.1, -0.05) is 48.4 Å². The van der Waals surface area contributed by atoms with Crippen LogP contribution in [0.25, 0.3) is 16.7 Å². The van der Waals surface area contributed by atoms with Crippen molar-refractivity contribution in [3.05, 3.63) is 88.2 Å². The number of nitrogens with one attached hydrogen (secondary N) is 2. The van der Waals surface area contributed by atoms with Gasteiger partial charge in [-0.25, -0.2) is 22.9 Å². The second kappa shape index (κ2) is 10.7. The van der Waals surface area contributed by atoms with Crippen molar-refractivity contribution in [2.24, 2.45) is 0 Å². The monoisotopic (exact) mass is 564 g/mol. The number of aryl methyl sites for hydroxylation is 2. The summed E-state index contributed by atoms with van der Waals surface area (Å²) in [6, 6.07) is 14.7. The Bertz CT molecular complexity index is 1580. The Morgan fingerprint density at radius 2 is 1.71 bits per heavy atom. The van der Waals surface area contributed by atoms with E-state index in [0.29, 0.717) is 29.9 Å². The molecular weight excluding hydrogens is 541 g/mol. The summed E-state index contributed by atoms with van der Waals surface area (Å²) in [6.07, 6.45) is -3.68. The van der Waals surface area contributed by atoms with Gasteiger partial charge < -0.3 is 5.32 Å². The second-order valence-corrected chi connectivity index (χ2v) is 10.7. The molecule has 0 atom stereocenters. The predicted octanol–water partition coefficient (Wildman–Crippen LogP) is 5.80.